The molecule has 110 valence electrons. The number of rotatable bonds is 4. The van der Waals surface area contributed by atoms with Gasteiger partial charge in [0.1, 0.15) is 5.75 Å². The first kappa shape index (κ1) is 15.1. The van der Waals surface area contributed by atoms with Gasteiger partial charge in [0.15, 0.2) is 5.11 Å². The smallest absolute Gasteiger partial charge is 0.173 e. The summed E-state index contributed by atoms with van der Waals surface area (Å²) in [5.74, 6) is 0.893. The van der Waals surface area contributed by atoms with Crippen LogP contribution in [0.2, 0.25) is 0 Å². The number of anilines is 1. The Morgan fingerprint density at radius 3 is 2.45 bits per heavy atom. The topological polar surface area (TPSA) is 28.9 Å². The third-order valence-electron chi connectivity index (χ3n) is 3.67. The van der Waals surface area contributed by atoms with Gasteiger partial charge in [-0.3, -0.25) is 0 Å². The van der Waals surface area contributed by atoms with Crippen molar-refractivity contribution in [1.29, 1.82) is 0 Å². The maximum atomic E-state index is 5.49. The van der Waals surface area contributed by atoms with Crippen molar-refractivity contribution in [2.24, 2.45) is 0 Å². The van der Waals surface area contributed by atoms with E-state index in [1.54, 1.807) is 4.90 Å². The van der Waals surface area contributed by atoms with E-state index in [9.17, 15) is 0 Å². The molecule has 1 aromatic rings. The number of thiocarbonyl (C=S) groups is 1. The minimum Gasteiger partial charge on any atom is -0.494 e. The number of nitrogens with zero attached hydrogens (tertiary/aromatic N) is 1. The largest absolute Gasteiger partial charge is 0.494 e. The van der Waals surface area contributed by atoms with Crippen molar-refractivity contribution >= 4 is 23.0 Å². The summed E-state index contributed by atoms with van der Waals surface area (Å²) in [7, 11) is 0. The highest BCUT2D eigenvalue weighted by Gasteiger charge is 2.20. The van der Waals surface area contributed by atoms with Gasteiger partial charge in [-0.15, -0.1) is 0 Å². The van der Waals surface area contributed by atoms with Crippen LogP contribution in [-0.2, 0) is 0 Å². The van der Waals surface area contributed by atoms with Crippen LogP contribution in [0.3, 0.4) is 0 Å². The molecule has 2 N–H and O–H groups in total. The fraction of sp³-hybridized carbons (Fsp3) is 0.533. The standard InChI is InChI=1S/C15H23N3OS/c1-3-17-9-11-18(12-10-17)15(20)16-13-5-7-14(8-6-13)19-4-2/h5-8H,3-4,9-12H2,1-2H3,(H,16,20)/p+1. The number of ether oxygens (including phenoxy) is 1. The quantitative estimate of drug-likeness (QED) is 0.811. The summed E-state index contributed by atoms with van der Waals surface area (Å²) in [6, 6.07) is 7.94. The Bertz CT molecular complexity index is 427. The molecule has 1 aliphatic heterocycles. The molecule has 0 aliphatic carbocycles. The Kier molecular flexibility index (Phi) is 5.61. The van der Waals surface area contributed by atoms with Crippen molar-refractivity contribution in [2.45, 2.75) is 13.8 Å². The Labute approximate surface area is 126 Å². The number of quaternary nitrogens is 1. The third kappa shape index (κ3) is 4.08. The van der Waals surface area contributed by atoms with Gasteiger partial charge in [0.2, 0.25) is 0 Å². The van der Waals surface area contributed by atoms with Crippen LogP contribution in [0.15, 0.2) is 24.3 Å². The van der Waals surface area contributed by atoms with E-state index in [0.29, 0.717) is 6.61 Å². The zero-order valence-corrected chi connectivity index (χ0v) is 13.1. The number of piperazine rings is 1. The molecule has 0 bridgehead atoms. The van der Waals surface area contributed by atoms with Gasteiger partial charge in [-0.05, 0) is 50.3 Å². The van der Waals surface area contributed by atoms with E-state index in [1.165, 1.54) is 19.6 Å². The van der Waals surface area contributed by atoms with Crippen molar-refractivity contribution in [3.63, 3.8) is 0 Å². The molecule has 5 heteroatoms. The predicted octanol–water partition coefficient (Wildman–Crippen LogP) is 1.00. The van der Waals surface area contributed by atoms with Crippen LogP contribution in [0.5, 0.6) is 5.75 Å². The molecule has 0 unspecified atom stereocenters. The monoisotopic (exact) mass is 294 g/mol. The van der Waals surface area contributed by atoms with Crippen LogP contribution >= 0.6 is 12.2 Å². The minimum absolute atomic E-state index is 0.690. The first-order valence-electron chi connectivity index (χ1n) is 7.35. The average molecular weight is 294 g/mol. The number of hydrogen-bond donors (Lipinski definition) is 2. The molecular weight excluding hydrogens is 270 g/mol. The van der Waals surface area contributed by atoms with Crippen molar-refractivity contribution in [3.8, 4) is 5.75 Å². The lowest BCUT2D eigenvalue weighted by Crippen LogP contribution is -3.14. The van der Waals surface area contributed by atoms with Crippen LogP contribution in [0, 0.1) is 0 Å². The SMILES string of the molecule is CCOc1ccc(NC(=S)N2CC[NH+](CC)CC2)cc1. The van der Waals surface area contributed by atoms with E-state index < -0.39 is 0 Å². The first-order valence-corrected chi connectivity index (χ1v) is 7.76. The van der Waals surface area contributed by atoms with Gasteiger partial charge in [-0.25, -0.2) is 0 Å². The van der Waals surface area contributed by atoms with E-state index in [1.807, 2.05) is 31.2 Å². The molecule has 20 heavy (non-hydrogen) atoms. The summed E-state index contributed by atoms with van der Waals surface area (Å²) in [6.07, 6.45) is 0. The van der Waals surface area contributed by atoms with Gasteiger partial charge >= 0.3 is 0 Å². The highest BCUT2D eigenvalue weighted by atomic mass is 32.1. The second kappa shape index (κ2) is 7.45. The zero-order chi connectivity index (χ0) is 14.4. The van der Waals surface area contributed by atoms with Gasteiger partial charge in [-0.2, -0.15) is 0 Å². The third-order valence-corrected chi connectivity index (χ3v) is 4.03. The minimum atomic E-state index is 0.690. The number of nitrogens with one attached hydrogen (secondary N) is 2. The summed E-state index contributed by atoms with van der Waals surface area (Å²) in [6.45, 7) is 10.5. The lowest BCUT2D eigenvalue weighted by molar-refractivity contribution is -0.902. The molecule has 1 saturated heterocycles. The molecule has 4 nitrogen and oxygen atoms in total. The van der Waals surface area contributed by atoms with Crippen molar-refractivity contribution in [3.05, 3.63) is 24.3 Å². The molecule has 1 fully saturated rings. The first-order chi connectivity index (χ1) is 9.72. The van der Waals surface area contributed by atoms with Gasteiger partial charge in [0.25, 0.3) is 0 Å². The maximum absolute atomic E-state index is 5.49. The molecule has 0 saturated carbocycles. The Morgan fingerprint density at radius 2 is 1.90 bits per heavy atom. The molecule has 1 heterocycles. The summed E-state index contributed by atoms with van der Waals surface area (Å²) < 4.78 is 5.43. The van der Waals surface area contributed by atoms with E-state index in [4.69, 9.17) is 17.0 Å². The van der Waals surface area contributed by atoms with Crippen LogP contribution in [0.25, 0.3) is 0 Å². The Hall–Kier alpha value is -1.33. The molecule has 1 aromatic carbocycles. The predicted molar refractivity (Wildman–Crippen MR) is 86.6 cm³/mol. The zero-order valence-electron chi connectivity index (χ0n) is 12.3. The van der Waals surface area contributed by atoms with Gasteiger partial charge in [0, 0.05) is 5.69 Å². The summed E-state index contributed by atoms with van der Waals surface area (Å²) in [4.78, 5) is 3.91. The van der Waals surface area contributed by atoms with E-state index >= 15 is 0 Å². The van der Waals surface area contributed by atoms with Gasteiger partial charge < -0.3 is 19.9 Å². The molecule has 2 rings (SSSR count). The summed E-state index contributed by atoms with van der Waals surface area (Å²) >= 11 is 5.49. The van der Waals surface area contributed by atoms with Crippen LogP contribution < -0.4 is 15.0 Å². The molecular formula is C15H24N3OS+. The van der Waals surface area contributed by atoms with Crippen LogP contribution in [0.4, 0.5) is 5.69 Å². The van der Waals surface area contributed by atoms with Crippen molar-refractivity contribution in [1.82, 2.24) is 4.90 Å². The molecule has 0 spiro atoms. The number of likely N-dealkylation sites (N-methyl/N-ethyl adjacent to an activating group) is 1. The molecule has 0 aromatic heterocycles. The van der Waals surface area contributed by atoms with E-state index in [-0.39, 0.29) is 0 Å². The van der Waals surface area contributed by atoms with Gasteiger partial charge in [-0.1, -0.05) is 0 Å². The van der Waals surface area contributed by atoms with E-state index in [0.717, 1.165) is 29.6 Å². The molecule has 0 atom stereocenters. The highest BCUT2D eigenvalue weighted by molar-refractivity contribution is 7.80. The van der Waals surface area contributed by atoms with Crippen LogP contribution in [0.1, 0.15) is 13.8 Å². The molecule has 0 radical (unpaired) electrons. The lowest BCUT2D eigenvalue weighted by Gasteiger charge is -2.33. The molecule has 1 aliphatic rings. The summed E-state index contributed by atoms with van der Waals surface area (Å²) in [5, 5.41) is 4.13. The number of hydrogen-bond acceptors (Lipinski definition) is 2. The summed E-state index contributed by atoms with van der Waals surface area (Å²) in [5.41, 5.74) is 1.02. The van der Waals surface area contributed by atoms with Crippen molar-refractivity contribution < 1.29 is 9.64 Å². The lowest BCUT2D eigenvalue weighted by atomic mass is 10.3. The van der Waals surface area contributed by atoms with E-state index in [2.05, 4.69) is 17.1 Å². The molecule has 0 amide bonds. The maximum Gasteiger partial charge on any atom is 0.173 e. The number of benzene rings is 1. The van der Waals surface area contributed by atoms with Crippen molar-refractivity contribution in [2.75, 3.05) is 44.6 Å². The van der Waals surface area contributed by atoms with Crippen LogP contribution in [-0.4, -0.2) is 49.3 Å². The average Bonchev–Trinajstić information content (AvgIpc) is 2.49. The Balaban J connectivity index is 1.85. The van der Waals surface area contributed by atoms with Gasteiger partial charge in [0.05, 0.1) is 39.3 Å². The fourth-order valence-corrected chi connectivity index (χ4v) is 2.68. The Morgan fingerprint density at radius 1 is 1.25 bits per heavy atom. The second-order valence-electron chi connectivity index (χ2n) is 4.98. The second-order valence-corrected chi connectivity index (χ2v) is 5.36. The fourth-order valence-electron chi connectivity index (χ4n) is 2.38. The normalized spacial score (nSPS) is 16.0. The highest BCUT2D eigenvalue weighted by Crippen LogP contribution is 2.16.